The topological polar surface area (TPSA) is 49.1 Å². The van der Waals surface area contributed by atoms with E-state index in [1.165, 1.54) is 0 Å². The Morgan fingerprint density at radius 1 is 1.80 bits per heavy atom. The van der Waals surface area contributed by atoms with Crippen molar-refractivity contribution in [3.8, 4) is 0 Å². The monoisotopic (exact) mass is 140 g/mol. The molecule has 0 fully saturated rings. The zero-order valence-electron chi connectivity index (χ0n) is 6.09. The minimum atomic E-state index is 0.213. The normalized spacial score (nSPS) is 9.80. The second-order valence-electron chi connectivity index (χ2n) is 2.22. The standard InChI is InChI=1S/C6H9N3O/c1-5-3-7-6(4-8-10)9(5)2/h3H,4H2,1-2H3/p+1. The Hall–Kier alpha value is -1.19. The van der Waals surface area contributed by atoms with Crippen LogP contribution in [0.25, 0.3) is 0 Å². The van der Waals surface area contributed by atoms with Gasteiger partial charge in [-0.2, -0.15) is 4.91 Å². The Morgan fingerprint density at radius 3 is 2.90 bits per heavy atom. The largest absolute Gasteiger partial charge is 0.279 e. The quantitative estimate of drug-likeness (QED) is 0.469. The maximum atomic E-state index is 9.85. The Bertz CT molecular complexity index is 241. The number of nitrogens with zero attached hydrogens (tertiary/aromatic N) is 2. The molecule has 0 unspecified atom stereocenters. The molecule has 0 bridgehead atoms. The summed E-state index contributed by atoms with van der Waals surface area (Å²) in [6.07, 6.45) is 1.85. The highest BCUT2D eigenvalue weighted by molar-refractivity contribution is 4.87. The molecule has 0 aliphatic heterocycles. The van der Waals surface area contributed by atoms with E-state index in [0.717, 1.165) is 11.5 Å². The van der Waals surface area contributed by atoms with Crippen LogP contribution in [0.1, 0.15) is 11.5 Å². The van der Waals surface area contributed by atoms with Crippen LogP contribution in [0.5, 0.6) is 0 Å². The van der Waals surface area contributed by atoms with Crippen molar-refractivity contribution in [1.82, 2.24) is 4.98 Å². The number of aromatic nitrogens is 2. The van der Waals surface area contributed by atoms with Crippen LogP contribution in [0.3, 0.4) is 0 Å². The molecule has 10 heavy (non-hydrogen) atoms. The van der Waals surface area contributed by atoms with E-state index < -0.39 is 0 Å². The van der Waals surface area contributed by atoms with E-state index in [2.05, 4.69) is 10.2 Å². The molecule has 1 heterocycles. The maximum absolute atomic E-state index is 9.85. The third-order valence-electron chi connectivity index (χ3n) is 1.60. The smallest absolute Gasteiger partial charge is 0.246 e. The molecule has 0 aliphatic rings. The van der Waals surface area contributed by atoms with Gasteiger partial charge in [-0.3, -0.25) is 0 Å². The average molecular weight is 140 g/mol. The number of aromatic amines is 1. The van der Waals surface area contributed by atoms with Crippen LogP contribution in [-0.4, -0.2) is 4.98 Å². The summed E-state index contributed by atoms with van der Waals surface area (Å²) in [6, 6.07) is 0. The maximum Gasteiger partial charge on any atom is 0.279 e. The van der Waals surface area contributed by atoms with E-state index in [-0.39, 0.29) is 6.54 Å². The lowest BCUT2D eigenvalue weighted by molar-refractivity contribution is -0.683. The highest BCUT2D eigenvalue weighted by atomic mass is 16.3. The van der Waals surface area contributed by atoms with Crippen LogP contribution >= 0.6 is 0 Å². The first-order valence-electron chi connectivity index (χ1n) is 3.07. The first-order valence-corrected chi connectivity index (χ1v) is 3.07. The molecule has 0 aromatic carbocycles. The first kappa shape index (κ1) is 6.92. The molecule has 1 rings (SSSR count). The van der Waals surface area contributed by atoms with Gasteiger partial charge in [-0.05, 0) is 0 Å². The minimum Gasteiger partial charge on any atom is -0.246 e. The van der Waals surface area contributed by atoms with Gasteiger partial charge in [-0.25, -0.2) is 9.55 Å². The van der Waals surface area contributed by atoms with E-state index in [0.29, 0.717) is 0 Å². The molecule has 4 heteroatoms. The Balaban J connectivity index is 2.93. The van der Waals surface area contributed by atoms with Gasteiger partial charge >= 0.3 is 0 Å². The zero-order valence-corrected chi connectivity index (χ0v) is 6.09. The number of hydrogen-bond donors (Lipinski definition) is 1. The molecular formula is C6H10N3O+. The summed E-state index contributed by atoms with van der Waals surface area (Å²) in [5.41, 5.74) is 1.10. The van der Waals surface area contributed by atoms with Crippen LogP contribution in [0.4, 0.5) is 0 Å². The minimum absolute atomic E-state index is 0.213. The zero-order chi connectivity index (χ0) is 7.56. The fraction of sp³-hybridized carbons (Fsp3) is 0.500. The van der Waals surface area contributed by atoms with Crippen molar-refractivity contribution >= 4 is 0 Å². The Labute approximate surface area is 58.9 Å². The lowest BCUT2D eigenvalue weighted by Gasteiger charge is -1.87. The Kier molecular flexibility index (Phi) is 1.80. The predicted molar refractivity (Wildman–Crippen MR) is 36.2 cm³/mol. The van der Waals surface area contributed by atoms with Gasteiger partial charge in [0.05, 0.1) is 7.05 Å². The van der Waals surface area contributed by atoms with Crippen molar-refractivity contribution in [1.29, 1.82) is 0 Å². The van der Waals surface area contributed by atoms with Gasteiger partial charge in [-0.15, -0.1) is 0 Å². The van der Waals surface area contributed by atoms with Crippen LogP contribution < -0.4 is 4.57 Å². The van der Waals surface area contributed by atoms with Crippen molar-refractivity contribution < 1.29 is 4.57 Å². The van der Waals surface area contributed by atoms with Crippen molar-refractivity contribution in [2.45, 2.75) is 13.5 Å². The molecule has 4 nitrogen and oxygen atoms in total. The number of aryl methyl sites for hydroxylation is 1. The molecule has 0 aliphatic carbocycles. The van der Waals surface area contributed by atoms with E-state index in [4.69, 9.17) is 0 Å². The first-order chi connectivity index (χ1) is 4.75. The number of imidazole rings is 1. The highest BCUT2D eigenvalue weighted by Gasteiger charge is 2.09. The molecule has 0 spiro atoms. The SMILES string of the molecule is Cc1c[nH]c(CN=O)[n+]1C. The second-order valence-corrected chi connectivity index (χ2v) is 2.22. The van der Waals surface area contributed by atoms with Gasteiger partial charge in [0.1, 0.15) is 11.9 Å². The average Bonchev–Trinajstić information content (AvgIpc) is 2.20. The molecule has 0 saturated heterocycles. The molecule has 0 radical (unpaired) electrons. The summed E-state index contributed by atoms with van der Waals surface area (Å²) in [7, 11) is 1.90. The number of H-pyrrole nitrogens is 1. The van der Waals surface area contributed by atoms with Crippen LogP contribution in [0.15, 0.2) is 11.4 Å². The number of rotatable bonds is 2. The van der Waals surface area contributed by atoms with Crippen molar-refractivity contribution in [2.75, 3.05) is 0 Å². The highest BCUT2D eigenvalue weighted by Crippen LogP contribution is 1.91. The molecular weight excluding hydrogens is 130 g/mol. The van der Waals surface area contributed by atoms with Gasteiger partial charge in [0.2, 0.25) is 0 Å². The van der Waals surface area contributed by atoms with Crippen molar-refractivity contribution in [2.24, 2.45) is 12.2 Å². The van der Waals surface area contributed by atoms with Gasteiger partial charge in [0.15, 0.2) is 6.54 Å². The lowest BCUT2D eigenvalue weighted by Crippen LogP contribution is -2.33. The van der Waals surface area contributed by atoms with E-state index >= 15 is 0 Å². The lowest BCUT2D eigenvalue weighted by atomic mass is 10.5. The van der Waals surface area contributed by atoms with Gasteiger partial charge in [0, 0.05) is 6.92 Å². The molecule has 1 aromatic rings. The molecule has 1 aromatic heterocycles. The van der Waals surface area contributed by atoms with E-state index in [1.54, 1.807) is 0 Å². The van der Waals surface area contributed by atoms with Gasteiger partial charge < -0.3 is 0 Å². The molecule has 54 valence electrons. The fourth-order valence-corrected chi connectivity index (χ4v) is 0.807. The van der Waals surface area contributed by atoms with Crippen molar-refractivity contribution in [3.63, 3.8) is 0 Å². The number of nitrogens with one attached hydrogen (secondary N) is 1. The summed E-state index contributed by atoms with van der Waals surface area (Å²) >= 11 is 0. The predicted octanol–water partition coefficient (Wildman–Crippen LogP) is 0.414. The summed E-state index contributed by atoms with van der Waals surface area (Å²) < 4.78 is 1.90. The molecule has 1 N–H and O–H groups in total. The number of hydrogen-bond acceptors (Lipinski definition) is 2. The second kappa shape index (κ2) is 2.60. The van der Waals surface area contributed by atoms with E-state index in [1.807, 2.05) is 24.7 Å². The summed E-state index contributed by atoms with van der Waals surface area (Å²) in [6.45, 7) is 2.18. The van der Waals surface area contributed by atoms with E-state index in [9.17, 15) is 4.91 Å². The summed E-state index contributed by atoms with van der Waals surface area (Å²) in [5.74, 6) is 0.840. The molecule has 0 amide bonds. The molecule has 0 saturated carbocycles. The third-order valence-corrected chi connectivity index (χ3v) is 1.60. The summed E-state index contributed by atoms with van der Waals surface area (Å²) in [5, 5.41) is 2.78. The van der Waals surface area contributed by atoms with Crippen LogP contribution in [0.2, 0.25) is 0 Å². The molecule has 0 atom stereocenters. The number of nitroso groups, excluding NO2 is 1. The summed E-state index contributed by atoms with van der Waals surface area (Å²) in [4.78, 5) is 12.8. The van der Waals surface area contributed by atoms with Crippen molar-refractivity contribution in [3.05, 3.63) is 22.6 Å². The van der Waals surface area contributed by atoms with Crippen LogP contribution in [-0.2, 0) is 13.6 Å². The van der Waals surface area contributed by atoms with Crippen LogP contribution in [0, 0.1) is 11.8 Å². The van der Waals surface area contributed by atoms with Gasteiger partial charge in [0.25, 0.3) is 5.82 Å². The third kappa shape index (κ3) is 1.05. The van der Waals surface area contributed by atoms with Gasteiger partial charge in [-0.1, -0.05) is 5.18 Å². The Morgan fingerprint density at radius 2 is 2.50 bits per heavy atom. The fourth-order valence-electron chi connectivity index (χ4n) is 0.807.